The van der Waals surface area contributed by atoms with Crippen molar-refractivity contribution < 1.29 is 13.2 Å². The van der Waals surface area contributed by atoms with Gasteiger partial charge in [0.25, 0.3) is 0 Å². The van der Waals surface area contributed by atoms with Crippen LogP contribution in [0.1, 0.15) is 0 Å². The van der Waals surface area contributed by atoms with Crippen molar-refractivity contribution in [3.8, 4) is 0 Å². The topological polar surface area (TPSA) is 69.7 Å². The van der Waals surface area contributed by atoms with E-state index in [2.05, 4.69) is 5.32 Å². The predicted molar refractivity (Wildman–Crippen MR) is 69.2 cm³/mol. The van der Waals surface area contributed by atoms with Crippen LogP contribution in [-0.2, 0) is 14.8 Å². The second-order valence-electron chi connectivity index (χ2n) is 4.37. The molecule has 0 aromatic heterocycles. The highest BCUT2D eigenvalue weighted by molar-refractivity contribution is 7.89. The summed E-state index contributed by atoms with van der Waals surface area (Å²) in [5.74, 6) is -0.149. The standard InChI is InChI=1S/C11H15N3O3S/c1-13(2)18(16,17)8-4-5-10-9(6-8)12-11(15)7-14(10)3/h4-6H,7H2,1-3H3,(H,12,15). The Morgan fingerprint density at radius 3 is 2.61 bits per heavy atom. The van der Waals surface area contributed by atoms with Gasteiger partial charge in [-0.1, -0.05) is 0 Å². The van der Waals surface area contributed by atoms with Gasteiger partial charge in [0.15, 0.2) is 0 Å². The number of sulfonamides is 1. The highest BCUT2D eigenvalue weighted by atomic mass is 32.2. The van der Waals surface area contributed by atoms with Gasteiger partial charge in [0.1, 0.15) is 0 Å². The zero-order chi connectivity index (χ0) is 13.5. The fourth-order valence-electron chi connectivity index (χ4n) is 1.81. The van der Waals surface area contributed by atoms with Crippen LogP contribution in [0.3, 0.4) is 0 Å². The monoisotopic (exact) mass is 269 g/mol. The van der Waals surface area contributed by atoms with E-state index in [4.69, 9.17) is 0 Å². The molecule has 1 aliphatic rings. The van der Waals surface area contributed by atoms with E-state index in [0.29, 0.717) is 5.69 Å². The molecule has 0 radical (unpaired) electrons. The Morgan fingerprint density at radius 2 is 2.00 bits per heavy atom. The first-order valence-corrected chi connectivity index (χ1v) is 6.84. The van der Waals surface area contributed by atoms with Gasteiger partial charge in [0, 0.05) is 21.1 Å². The lowest BCUT2D eigenvalue weighted by molar-refractivity contribution is -0.115. The average molecular weight is 269 g/mol. The minimum absolute atomic E-state index is 0.149. The van der Waals surface area contributed by atoms with Crippen LogP contribution in [0.2, 0.25) is 0 Å². The van der Waals surface area contributed by atoms with E-state index < -0.39 is 10.0 Å². The Labute approximate surface area is 106 Å². The van der Waals surface area contributed by atoms with Crippen molar-refractivity contribution in [2.75, 3.05) is 37.9 Å². The van der Waals surface area contributed by atoms with Gasteiger partial charge in [-0.15, -0.1) is 0 Å². The summed E-state index contributed by atoms with van der Waals surface area (Å²) in [5, 5.41) is 2.68. The smallest absolute Gasteiger partial charge is 0.243 e. The van der Waals surface area contributed by atoms with Crippen molar-refractivity contribution in [1.29, 1.82) is 0 Å². The number of hydrogen-bond acceptors (Lipinski definition) is 4. The zero-order valence-electron chi connectivity index (χ0n) is 10.5. The summed E-state index contributed by atoms with van der Waals surface area (Å²) >= 11 is 0. The van der Waals surface area contributed by atoms with E-state index in [0.717, 1.165) is 9.99 Å². The van der Waals surface area contributed by atoms with E-state index in [-0.39, 0.29) is 17.3 Å². The fourth-order valence-corrected chi connectivity index (χ4v) is 2.74. The number of anilines is 2. The van der Waals surface area contributed by atoms with Crippen molar-refractivity contribution in [2.45, 2.75) is 4.90 Å². The van der Waals surface area contributed by atoms with E-state index >= 15 is 0 Å². The second kappa shape index (κ2) is 4.25. The maximum atomic E-state index is 12.0. The summed E-state index contributed by atoms with van der Waals surface area (Å²) in [4.78, 5) is 13.4. The van der Waals surface area contributed by atoms with Gasteiger partial charge in [-0.25, -0.2) is 12.7 Å². The van der Waals surface area contributed by atoms with Crippen LogP contribution in [0, 0.1) is 0 Å². The van der Waals surface area contributed by atoms with E-state index in [1.807, 2.05) is 0 Å². The van der Waals surface area contributed by atoms with Gasteiger partial charge >= 0.3 is 0 Å². The Hall–Kier alpha value is -1.60. The van der Waals surface area contributed by atoms with Crippen molar-refractivity contribution in [2.24, 2.45) is 0 Å². The third-order valence-electron chi connectivity index (χ3n) is 2.81. The van der Waals surface area contributed by atoms with Gasteiger partial charge in [-0.2, -0.15) is 0 Å². The number of carbonyl (C=O) groups excluding carboxylic acids is 1. The highest BCUT2D eigenvalue weighted by Gasteiger charge is 2.23. The van der Waals surface area contributed by atoms with E-state index in [1.54, 1.807) is 24.1 Å². The summed E-state index contributed by atoms with van der Waals surface area (Å²) in [6, 6.07) is 4.73. The normalized spacial score (nSPS) is 15.6. The number of carbonyl (C=O) groups is 1. The van der Waals surface area contributed by atoms with E-state index in [9.17, 15) is 13.2 Å². The van der Waals surface area contributed by atoms with Crippen molar-refractivity contribution in [3.63, 3.8) is 0 Å². The van der Waals surface area contributed by atoms with Gasteiger partial charge in [-0.3, -0.25) is 4.79 Å². The minimum atomic E-state index is -3.48. The molecule has 7 heteroatoms. The number of fused-ring (bicyclic) bond motifs is 1. The zero-order valence-corrected chi connectivity index (χ0v) is 11.3. The molecule has 0 saturated carbocycles. The molecular formula is C11H15N3O3S. The molecule has 0 atom stereocenters. The summed E-state index contributed by atoms with van der Waals surface area (Å²) in [6.07, 6.45) is 0. The summed E-state index contributed by atoms with van der Waals surface area (Å²) in [7, 11) is 1.25. The number of nitrogens with one attached hydrogen (secondary N) is 1. The number of nitrogens with zero attached hydrogens (tertiary/aromatic N) is 2. The second-order valence-corrected chi connectivity index (χ2v) is 6.52. The lowest BCUT2D eigenvalue weighted by Crippen LogP contribution is -2.35. The maximum absolute atomic E-state index is 12.0. The van der Waals surface area contributed by atoms with Crippen LogP contribution < -0.4 is 10.2 Å². The molecule has 0 aliphatic carbocycles. The first-order valence-electron chi connectivity index (χ1n) is 5.40. The molecule has 0 bridgehead atoms. The molecule has 0 spiro atoms. The SMILES string of the molecule is CN1CC(=O)Nc2cc(S(=O)(=O)N(C)C)ccc21. The first-order chi connectivity index (χ1) is 8.32. The van der Waals surface area contributed by atoms with Gasteiger partial charge in [0.2, 0.25) is 15.9 Å². The molecule has 1 aliphatic heterocycles. The van der Waals surface area contributed by atoms with Gasteiger partial charge in [0.05, 0.1) is 22.8 Å². The summed E-state index contributed by atoms with van der Waals surface area (Å²) < 4.78 is 25.1. The molecule has 0 unspecified atom stereocenters. The molecule has 1 aromatic rings. The Balaban J connectivity index is 2.51. The Kier molecular flexibility index (Phi) is 3.04. The molecule has 6 nitrogen and oxygen atoms in total. The average Bonchev–Trinajstić information content (AvgIpc) is 2.27. The van der Waals surface area contributed by atoms with Crippen LogP contribution >= 0.6 is 0 Å². The van der Waals surface area contributed by atoms with Crippen LogP contribution in [-0.4, -0.2) is 46.3 Å². The molecule has 0 fully saturated rings. The third kappa shape index (κ3) is 2.06. The quantitative estimate of drug-likeness (QED) is 0.839. The molecule has 18 heavy (non-hydrogen) atoms. The van der Waals surface area contributed by atoms with Crippen LogP contribution in [0.15, 0.2) is 23.1 Å². The Bertz CT molecular complexity index is 596. The number of benzene rings is 1. The predicted octanol–water partition coefficient (Wildman–Crippen LogP) is 0.325. The van der Waals surface area contributed by atoms with Gasteiger partial charge < -0.3 is 10.2 Å². The van der Waals surface area contributed by atoms with Gasteiger partial charge in [-0.05, 0) is 18.2 Å². The number of likely N-dealkylation sites (N-methyl/N-ethyl adjacent to an activating group) is 1. The molecule has 1 N–H and O–H groups in total. The molecule has 1 aromatic carbocycles. The summed E-state index contributed by atoms with van der Waals surface area (Å²) in [6.45, 7) is 0.271. The molecule has 98 valence electrons. The molecule has 1 amide bonds. The van der Waals surface area contributed by atoms with Crippen molar-refractivity contribution in [1.82, 2.24) is 4.31 Å². The fraction of sp³-hybridized carbons (Fsp3) is 0.364. The van der Waals surface area contributed by atoms with Crippen molar-refractivity contribution >= 4 is 27.3 Å². The number of hydrogen-bond donors (Lipinski definition) is 1. The third-order valence-corrected chi connectivity index (χ3v) is 4.62. The lowest BCUT2D eigenvalue weighted by atomic mass is 10.2. The molecule has 1 heterocycles. The highest BCUT2D eigenvalue weighted by Crippen LogP contribution is 2.31. The largest absolute Gasteiger partial charge is 0.364 e. The lowest BCUT2D eigenvalue weighted by Gasteiger charge is -2.27. The van der Waals surface area contributed by atoms with Crippen LogP contribution in [0.25, 0.3) is 0 Å². The van der Waals surface area contributed by atoms with Crippen LogP contribution in [0.4, 0.5) is 11.4 Å². The maximum Gasteiger partial charge on any atom is 0.243 e. The molecule has 2 rings (SSSR count). The molecular weight excluding hydrogens is 254 g/mol. The number of rotatable bonds is 2. The molecule has 0 saturated heterocycles. The first kappa shape index (κ1) is 12.8. The van der Waals surface area contributed by atoms with E-state index in [1.165, 1.54) is 20.2 Å². The van der Waals surface area contributed by atoms with Crippen LogP contribution in [0.5, 0.6) is 0 Å². The minimum Gasteiger partial charge on any atom is -0.364 e. The number of amides is 1. The Morgan fingerprint density at radius 1 is 1.33 bits per heavy atom. The van der Waals surface area contributed by atoms with Crippen molar-refractivity contribution in [3.05, 3.63) is 18.2 Å². The summed E-state index contributed by atoms with van der Waals surface area (Å²) in [5.41, 5.74) is 1.34.